The Kier molecular flexibility index (Phi) is 9.15. The minimum absolute atomic E-state index is 0.418. The van der Waals surface area contributed by atoms with E-state index in [1.54, 1.807) is 30.3 Å². The SMILES string of the molecule is CCN(CC)CCCNC(=O)CS(=O)(=O)CC(=O)Nc1ccccc1. The van der Waals surface area contributed by atoms with E-state index in [1.165, 1.54) is 0 Å². The molecule has 2 amide bonds. The molecule has 0 aromatic heterocycles. The second-order valence-electron chi connectivity index (χ2n) is 5.68. The van der Waals surface area contributed by atoms with Crippen LogP contribution in [-0.2, 0) is 19.4 Å². The van der Waals surface area contributed by atoms with Gasteiger partial charge in [-0.1, -0.05) is 32.0 Å². The van der Waals surface area contributed by atoms with Gasteiger partial charge in [0.25, 0.3) is 0 Å². The van der Waals surface area contributed by atoms with E-state index in [0.29, 0.717) is 12.2 Å². The van der Waals surface area contributed by atoms with Gasteiger partial charge in [0.1, 0.15) is 11.5 Å². The van der Waals surface area contributed by atoms with Crippen molar-refractivity contribution in [1.29, 1.82) is 0 Å². The maximum Gasteiger partial charge on any atom is 0.239 e. The van der Waals surface area contributed by atoms with Crippen molar-refractivity contribution in [2.24, 2.45) is 0 Å². The predicted molar refractivity (Wildman–Crippen MR) is 99.1 cm³/mol. The molecule has 0 fully saturated rings. The van der Waals surface area contributed by atoms with Crippen molar-refractivity contribution in [3.8, 4) is 0 Å². The van der Waals surface area contributed by atoms with Crippen molar-refractivity contribution in [3.63, 3.8) is 0 Å². The molecule has 0 saturated heterocycles. The zero-order valence-electron chi connectivity index (χ0n) is 14.8. The topological polar surface area (TPSA) is 95.6 Å². The third-order valence-electron chi connectivity index (χ3n) is 3.63. The molecule has 140 valence electrons. The van der Waals surface area contributed by atoms with Gasteiger partial charge in [-0.2, -0.15) is 0 Å². The normalized spacial score (nSPS) is 11.3. The standard InChI is InChI=1S/C17H27N3O4S/c1-3-20(4-2)12-8-11-18-16(21)13-25(23,24)14-17(22)19-15-9-6-5-7-10-15/h5-7,9-10H,3-4,8,11-14H2,1-2H3,(H,18,21)(H,19,22). The van der Waals surface area contributed by atoms with Crippen LogP contribution in [0.15, 0.2) is 30.3 Å². The van der Waals surface area contributed by atoms with Crippen LogP contribution < -0.4 is 10.6 Å². The number of hydrogen-bond acceptors (Lipinski definition) is 5. The highest BCUT2D eigenvalue weighted by Gasteiger charge is 2.20. The third-order valence-corrected chi connectivity index (χ3v) is 5.03. The third kappa shape index (κ3) is 9.21. The molecule has 1 aromatic rings. The fourth-order valence-electron chi connectivity index (χ4n) is 2.29. The molecule has 0 aliphatic rings. The minimum Gasteiger partial charge on any atom is -0.355 e. The lowest BCUT2D eigenvalue weighted by atomic mass is 10.3. The quantitative estimate of drug-likeness (QED) is 0.565. The number of rotatable bonds is 11. The fraction of sp³-hybridized carbons (Fsp3) is 0.529. The first-order valence-corrected chi connectivity index (χ1v) is 10.2. The van der Waals surface area contributed by atoms with Gasteiger partial charge in [0.2, 0.25) is 11.8 Å². The summed E-state index contributed by atoms with van der Waals surface area (Å²) in [6.45, 7) is 7.27. The Hall–Kier alpha value is -1.93. The van der Waals surface area contributed by atoms with Crippen LogP contribution in [0.4, 0.5) is 5.69 Å². The summed E-state index contributed by atoms with van der Waals surface area (Å²) < 4.78 is 23.9. The first-order valence-electron chi connectivity index (χ1n) is 8.40. The number of para-hydroxylation sites is 1. The number of nitrogens with zero attached hydrogens (tertiary/aromatic N) is 1. The maximum absolute atomic E-state index is 11.9. The molecule has 0 aliphatic heterocycles. The summed E-state index contributed by atoms with van der Waals surface area (Å²) in [6.07, 6.45) is 0.752. The van der Waals surface area contributed by atoms with E-state index in [1.807, 2.05) is 0 Å². The first kappa shape index (κ1) is 21.1. The van der Waals surface area contributed by atoms with Crippen molar-refractivity contribution in [1.82, 2.24) is 10.2 Å². The van der Waals surface area contributed by atoms with E-state index >= 15 is 0 Å². The summed E-state index contributed by atoms with van der Waals surface area (Å²) in [4.78, 5) is 25.7. The van der Waals surface area contributed by atoms with Crippen LogP contribution in [0.1, 0.15) is 20.3 Å². The molecule has 0 bridgehead atoms. The zero-order valence-corrected chi connectivity index (χ0v) is 15.6. The summed E-state index contributed by atoms with van der Waals surface area (Å²) in [7, 11) is -3.80. The van der Waals surface area contributed by atoms with Gasteiger partial charge < -0.3 is 15.5 Å². The summed E-state index contributed by atoms with van der Waals surface area (Å²) >= 11 is 0. The Bertz CT molecular complexity index is 643. The Morgan fingerprint density at radius 2 is 1.60 bits per heavy atom. The van der Waals surface area contributed by atoms with Crippen molar-refractivity contribution in [2.75, 3.05) is 43.0 Å². The van der Waals surface area contributed by atoms with Crippen molar-refractivity contribution < 1.29 is 18.0 Å². The molecule has 0 unspecified atom stereocenters. The monoisotopic (exact) mass is 369 g/mol. The van der Waals surface area contributed by atoms with Crippen LogP contribution in [-0.4, -0.2) is 62.8 Å². The number of nitrogens with one attached hydrogen (secondary N) is 2. The van der Waals surface area contributed by atoms with Gasteiger partial charge in [-0.3, -0.25) is 9.59 Å². The Morgan fingerprint density at radius 1 is 1.00 bits per heavy atom. The van der Waals surface area contributed by atoms with E-state index in [0.717, 1.165) is 26.1 Å². The molecule has 8 heteroatoms. The number of anilines is 1. The van der Waals surface area contributed by atoms with Gasteiger partial charge in [-0.25, -0.2) is 8.42 Å². The van der Waals surface area contributed by atoms with Crippen LogP contribution >= 0.6 is 0 Å². The second kappa shape index (κ2) is 10.8. The number of benzene rings is 1. The summed E-state index contributed by atoms with van der Waals surface area (Å²) in [5.41, 5.74) is 0.517. The van der Waals surface area contributed by atoms with Gasteiger partial charge in [0.15, 0.2) is 9.84 Å². The van der Waals surface area contributed by atoms with Crippen molar-refractivity contribution in [2.45, 2.75) is 20.3 Å². The van der Waals surface area contributed by atoms with Crippen molar-refractivity contribution in [3.05, 3.63) is 30.3 Å². The smallest absolute Gasteiger partial charge is 0.239 e. The number of hydrogen-bond donors (Lipinski definition) is 2. The molecule has 0 spiro atoms. The summed E-state index contributed by atoms with van der Waals surface area (Å²) in [6, 6.07) is 8.57. The van der Waals surface area contributed by atoms with Crippen LogP contribution in [0, 0.1) is 0 Å². The van der Waals surface area contributed by atoms with Crippen molar-refractivity contribution >= 4 is 27.3 Å². The number of carbonyl (C=O) groups excluding carboxylic acids is 2. The molecule has 1 aromatic carbocycles. The maximum atomic E-state index is 11.9. The molecule has 0 radical (unpaired) electrons. The van der Waals surface area contributed by atoms with Crippen LogP contribution in [0.3, 0.4) is 0 Å². The van der Waals surface area contributed by atoms with Gasteiger partial charge in [0, 0.05) is 12.2 Å². The van der Waals surface area contributed by atoms with E-state index in [-0.39, 0.29) is 0 Å². The van der Waals surface area contributed by atoms with Crippen LogP contribution in [0.5, 0.6) is 0 Å². The van der Waals surface area contributed by atoms with E-state index < -0.39 is 33.2 Å². The average molecular weight is 369 g/mol. The molecule has 1 rings (SSSR count). The fourth-order valence-corrected chi connectivity index (χ4v) is 3.37. The van der Waals surface area contributed by atoms with Gasteiger partial charge >= 0.3 is 0 Å². The Labute approximate surface area is 149 Å². The lowest BCUT2D eigenvalue weighted by Gasteiger charge is -2.17. The molecule has 0 aliphatic carbocycles. The number of sulfone groups is 1. The zero-order chi connectivity index (χ0) is 18.7. The lowest BCUT2D eigenvalue weighted by Crippen LogP contribution is -2.35. The van der Waals surface area contributed by atoms with Gasteiger partial charge in [0.05, 0.1) is 0 Å². The average Bonchev–Trinajstić information content (AvgIpc) is 2.54. The van der Waals surface area contributed by atoms with E-state index in [2.05, 4.69) is 29.4 Å². The molecule has 0 saturated carbocycles. The molecule has 0 heterocycles. The summed E-state index contributed by atoms with van der Waals surface area (Å²) in [5, 5.41) is 5.08. The van der Waals surface area contributed by atoms with Gasteiger partial charge in [-0.05, 0) is 38.2 Å². The molecular weight excluding hydrogens is 342 g/mol. The Balaban J connectivity index is 2.33. The highest BCUT2D eigenvalue weighted by atomic mass is 32.2. The van der Waals surface area contributed by atoms with Gasteiger partial charge in [-0.15, -0.1) is 0 Å². The molecule has 0 atom stereocenters. The number of amides is 2. The first-order chi connectivity index (χ1) is 11.9. The molecule has 2 N–H and O–H groups in total. The van der Waals surface area contributed by atoms with Crippen LogP contribution in [0.2, 0.25) is 0 Å². The highest BCUT2D eigenvalue weighted by molar-refractivity contribution is 7.92. The highest BCUT2D eigenvalue weighted by Crippen LogP contribution is 2.05. The van der Waals surface area contributed by atoms with E-state index in [4.69, 9.17) is 0 Å². The van der Waals surface area contributed by atoms with Crippen LogP contribution in [0.25, 0.3) is 0 Å². The number of carbonyl (C=O) groups is 2. The van der Waals surface area contributed by atoms with E-state index in [9.17, 15) is 18.0 Å². The largest absolute Gasteiger partial charge is 0.355 e. The molecule has 25 heavy (non-hydrogen) atoms. The Morgan fingerprint density at radius 3 is 2.20 bits per heavy atom. The second-order valence-corrected chi connectivity index (χ2v) is 7.74. The molecular formula is C17H27N3O4S. The summed E-state index contributed by atoms with van der Waals surface area (Å²) in [5.74, 6) is -2.62. The predicted octanol–water partition coefficient (Wildman–Crippen LogP) is 0.888. The molecule has 7 nitrogen and oxygen atoms in total. The lowest BCUT2D eigenvalue weighted by molar-refractivity contribution is -0.118. The minimum atomic E-state index is -3.80.